The first-order chi connectivity index (χ1) is 21.1. The van der Waals surface area contributed by atoms with Crippen molar-refractivity contribution in [2.45, 2.75) is 137 Å². The number of ether oxygens (including phenoxy) is 1. The summed E-state index contributed by atoms with van der Waals surface area (Å²) in [7, 11) is 0. The van der Waals surface area contributed by atoms with E-state index >= 15 is 0 Å². The molecule has 1 saturated heterocycles. The van der Waals surface area contributed by atoms with Gasteiger partial charge in [0.15, 0.2) is 0 Å². The summed E-state index contributed by atoms with van der Waals surface area (Å²) in [6, 6.07) is 9.37. The highest BCUT2D eigenvalue weighted by atomic mass is 16.5. The number of pyridine rings is 1. The molecule has 3 aromatic rings. The van der Waals surface area contributed by atoms with Gasteiger partial charge in [0.2, 0.25) is 5.91 Å². The second-order valence-electron chi connectivity index (χ2n) is 14.6. The lowest BCUT2D eigenvalue weighted by atomic mass is 9.74. The number of nitrogens with zero attached hydrogens (tertiary/aromatic N) is 4. The number of amides is 1. The topological polar surface area (TPSA) is 60.3 Å². The highest BCUT2D eigenvalue weighted by Gasteiger charge is 2.54. The molecule has 0 unspecified atom stereocenters. The van der Waals surface area contributed by atoms with Crippen molar-refractivity contribution in [1.29, 1.82) is 0 Å². The maximum Gasteiger partial charge on any atom is 0.238 e. The molecule has 6 rings (SSSR count). The predicted molar refractivity (Wildman–Crippen MR) is 182 cm³/mol. The number of aromatic nitrogens is 3. The maximum absolute atomic E-state index is 14.1. The third-order valence-corrected chi connectivity index (χ3v) is 10.7. The summed E-state index contributed by atoms with van der Waals surface area (Å²) < 4.78 is 7.91. The molecule has 2 fully saturated rings. The van der Waals surface area contributed by atoms with Crippen LogP contribution >= 0.6 is 0 Å². The van der Waals surface area contributed by atoms with Crippen LogP contribution in [0.5, 0.6) is 0 Å². The molecule has 2 aromatic heterocycles. The largest absolute Gasteiger partial charge is 0.381 e. The second-order valence-corrected chi connectivity index (χ2v) is 14.6. The zero-order valence-electron chi connectivity index (χ0n) is 28.7. The number of hydrogen-bond acceptors (Lipinski definition) is 4. The average molecular weight is 601 g/mol. The van der Waals surface area contributed by atoms with Crippen molar-refractivity contribution in [3.05, 3.63) is 41.9 Å². The zero-order valence-corrected chi connectivity index (χ0v) is 28.7. The molecule has 240 valence electrons. The van der Waals surface area contributed by atoms with E-state index in [-0.39, 0.29) is 0 Å². The quantitative estimate of drug-likeness (QED) is 0.245. The molecule has 0 radical (unpaired) electrons. The molecule has 6 heteroatoms. The fourth-order valence-corrected chi connectivity index (χ4v) is 7.65. The Morgan fingerprint density at radius 1 is 1.05 bits per heavy atom. The monoisotopic (exact) mass is 600 g/mol. The highest BCUT2D eigenvalue weighted by Crippen LogP contribution is 2.52. The molecule has 0 N–H and O–H groups in total. The molecule has 44 heavy (non-hydrogen) atoms. The van der Waals surface area contributed by atoms with Crippen molar-refractivity contribution in [3.63, 3.8) is 0 Å². The van der Waals surface area contributed by atoms with Gasteiger partial charge in [0.05, 0.1) is 34.2 Å². The molecule has 1 aromatic carbocycles. The van der Waals surface area contributed by atoms with Crippen molar-refractivity contribution < 1.29 is 9.53 Å². The second kappa shape index (κ2) is 13.3. The van der Waals surface area contributed by atoms with Gasteiger partial charge in [0.25, 0.3) is 0 Å². The number of fused-ring (bicyclic) bond motifs is 3. The fraction of sp³-hybridized carbons (Fsp3) is 0.658. The van der Waals surface area contributed by atoms with Crippen molar-refractivity contribution in [3.8, 4) is 11.3 Å². The van der Waals surface area contributed by atoms with Crippen LogP contribution in [0.3, 0.4) is 0 Å². The smallest absolute Gasteiger partial charge is 0.238 e. The van der Waals surface area contributed by atoms with Crippen LogP contribution in [0.15, 0.2) is 30.6 Å². The molecule has 4 heterocycles. The van der Waals surface area contributed by atoms with Gasteiger partial charge < -0.3 is 14.2 Å². The fourth-order valence-electron chi connectivity index (χ4n) is 7.65. The molecule has 3 aliphatic rings. The Labute approximate surface area is 266 Å². The molecule has 1 saturated carbocycles. The third kappa shape index (κ3) is 6.08. The van der Waals surface area contributed by atoms with Crippen LogP contribution in [0.4, 0.5) is 5.69 Å². The lowest BCUT2D eigenvalue weighted by Crippen LogP contribution is -2.51. The summed E-state index contributed by atoms with van der Waals surface area (Å²) in [6.45, 7) is 19.2. The molecule has 1 amide bonds. The number of hydrogen-bond donors (Lipinski definition) is 0. The minimum absolute atomic E-state index is 0.297. The molecule has 1 aliphatic carbocycles. The van der Waals surface area contributed by atoms with E-state index in [0.29, 0.717) is 36.6 Å². The molecule has 2 aliphatic heterocycles. The van der Waals surface area contributed by atoms with E-state index in [1.54, 1.807) is 0 Å². The number of anilines is 1. The summed E-state index contributed by atoms with van der Waals surface area (Å²) in [6.07, 6.45) is 13.0. The Morgan fingerprint density at radius 2 is 1.77 bits per heavy atom. The normalized spacial score (nSPS) is 21.0. The number of carbonyl (C=O) groups excluding carboxylic acids is 1. The van der Waals surface area contributed by atoms with Crippen LogP contribution in [-0.4, -0.2) is 39.7 Å². The van der Waals surface area contributed by atoms with Crippen molar-refractivity contribution in [1.82, 2.24) is 14.5 Å². The highest BCUT2D eigenvalue weighted by molar-refractivity contribution is 6.09. The number of carbonyl (C=O) groups is 1. The van der Waals surface area contributed by atoms with E-state index < -0.39 is 5.41 Å². The van der Waals surface area contributed by atoms with Gasteiger partial charge in [-0.05, 0) is 81.4 Å². The van der Waals surface area contributed by atoms with Gasteiger partial charge in [-0.2, -0.15) is 0 Å². The Hall–Kier alpha value is -2.73. The van der Waals surface area contributed by atoms with E-state index in [1.807, 2.05) is 6.33 Å². The Balaban J connectivity index is 0.000000426. The number of benzene rings is 1. The van der Waals surface area contributed by atoms with Gasteiger partial charge >= 0.3 is 0 Å². The van der Waals surface area contributed by atoms with E-state index in [0.717, 1.165) is 71.7 Å². The Morgan fingerprint density at radius 3 is 2.36 bits per heavy atom. The van der Waals surface area contributed by atoms with Gasteiger partial charge in [-0.25, -0.2) is 4.98 Å². The van der Waals surface area contributed by atoms with E-state index in [1.165, 1.54) is 37.7 Å². The lowest BCUT2D eigenvalue weighted by Gasteiger charge is -2.42. The van der Waals surface area contributed by atoms with E-state index in [9.17, 15) is 4.79 Å². The number of rotatable bonds is 9. The third-order valence-electron chi connectivity index (χ3n) is 10.7. The van der Waals surface area contributed by atoms with Gasteiger partial charge in [-0.15, -0.1) is 0 Å². The Bertz CT molecular complexity index is 1440. The zero-order chi connectivity index (χ0) is 31.6. The summed E-state index contributed by atoms with van der Waals surface area (Å²) in [4.78, 5) is 26.1. The number of aryl methyl sites for hydroxylation is 1. The molecular weight excluding hydrogens is 544 g/mol. The van der Waals surface area contributed by atoms with Gasteiger partial charge in [0.1, 0.15) is 0 Å². The summed E-state index contributed by atoms with van der Waals surface area (Å²) in [5.74, 6) is 1.05. The van der Waals surface area contributed by atoms with Crippen LogP contribution in [0.1, 0.15) is 130 Å². The van der Waals surface area contributed by atoms with Crippen LogP contribution < -0.4 is 4.90 Å². The first-order valence-electron chi connectivity index (χ1n) is 17.5. The van der Waals surface area contributed by atoms with Crippen LogP contribution in [0, 0.1) is 11.3 Å². The minimum atomic E-state index is -0.427. The summed E-state index contributed by atoms with van der Waals surface area (Å²) >= 11 is 0. The first kappa shape index (κ1) is 32.7. The van der Waals surface area contributed by atoms with Gasteiger partial charge in [0, 0.05) is 36.5 Å². The summed E-state index contributed by atoms with van der Waals surface area (Å²) in [5, 5.41) is 0. The van der Waals surface area contributed by atoms with E-state index in [4.69, 9.17) is 14.7 Å². The molecule has 6 nitrogen and oxygen atoms in total. The lowest BCUT2D eigenvalue weighted by molar-refractivity contribution is -0.127. The molecule has 0 atom stereocenters. The summed E-state index contributed by atoms with van der Waals surface area (Å²) in [5.41, 5.74) is 7.66. The molecule has 0 bridgehead atoms. The number of imidazole rings is 1. The minimum Gasteiger partial charge on any atom is -0.381 e. The average Bonchev–Trinajstić information content (AvgIpc) is 3.53. The van der Waals surface area contributed by atoms with Crippen LogP contribution in [0.2, 0.25) is 0 Å². The van der Waals surface area contributed by atoms with E-state index in [2.05, 4.69) is 89.1 Å². The predicted octanol–water partition coefficient (Wildman–Crippen LogP) is 9.44. The molecule has 1 spiro atoms. The maximum atomic E-state index is 14.1. The molecular formula is C38H56N4O2. The first-order valence-corrected chi connectivity index (χ1v) is 17.5. The van der Waals surface area contributed by atoms with Crippen LogP contribution in [-0.2, 0) is 21.4 Å². The van der Waals surface area contributed by atoms with Gasteiger partial charge in [-0.3, -0.25) is 9.78 Å². The van der Waals surface area contributed by atoms with Crippen LogP contribution in [0.25, 0.3) is 22.3 Å². The van der Waals surface area contributed by atoms with Gasteiger partial charge in [-0.1, -0.05) is 79.4 Å². The van der Waals surface area contributed by atoms with Crippen molar-refractivity contribution in [2.24, 2.45) is 11.3 Å². The SMILES string of the molecule is CCCC(C)(C)CC.CCCC1CC(N2C(=O)C3(CCOCC3)c3ccc(-c4cc5ncn(C(C)C)c5c(CC)n4)cc32)C1. The van der Waals surface area contributed by atoms with Crippen molar-refractivity contribution in [2.75, 3.05) is 18.1 Å². The Kier molecular flexibility index (Phi) is 9.89. The standard InChI is InChI=1S/C30H38N4O2.C8H18/c1-5-7-20-14-22(15-20)34-27-16-21(8-9-23(27)30(29(34)35)10-12-36-13-11-30)25-17-26-28(24(6-2)32-25)33(18-31-26)19(3)4;1-5-7-8(3,4)6-2/h8-9,16-20,22H,5-7,10-15H2,1-4H3;5-7H2,1-4H3. The van der Waals surface area contributed by atoms with Crippen molar-refractivity contribution >= 4 is 22.6 Å².